The Kier molecular flexibility index (Phi) is 5.27. The van der Waals surface area contributed by atoms with E-state index >= 15 is 0 Å². The van der Waals surface area contributed by atoms with E-state index in [0.29, 0.717) is 6.42 Å². The van der Waals surface area contributed by atoms with Crippen LogP contribution in [-0.2, 0) is 16.0 Å². The van der Waals surface area contributed by atoms with Gasteiger partial charge in [0.25, 0.3) is 5.91 Å². The average molecular weight is 358 g/mol. The fourth-order valence-electron chi connectivity index (χ4n) is 3.98. The Hall–Kier alpha value is -2.41. The van der Waals surface area contributed by atoms with Gasteiger partial charge in [0.1, 0.15) is 12.1 Å². The number of aryl methyl sites for hydroxylation is 1. The third kappa shape index (κ3) is 3.31. The van der Waals surface area contributed by atoms with Crippen molar-refractivity contribution in [1.29, 1.82) is 0 Å². The number of imide groups is 1. The minimum absolute atomic E-state index is 0.0366. The van der Waals surface area contributed by atoms with Crippen molar-refractivity contribution in [3.63, 3.8) is 0 Å². The van der Waals surface area contributed by atoms with Gasteiger partial charge in [-0.2, -0.15) is 0 Å². The zero-order valence-corrected chi connectivity index (χ0v) is 15.3. The number of carbonyl (C=O) groups excluding carboxylic acids is 3. The highest BCUT2D eigenvalue weighted by atomic mass is 16.2. The maximum Gasteiger partial charge on any atom is 0.325 e. The number of nitrogens with one attached hydrogen (secondary N) is 3. The van der Waals surface area contributed by atoms with E-state index in [0.717, 1.165) is 42.0 Å². The molecule has 2 saturated heterocycles. The molecule has 4 amide bonds. The molecule has 26 heavy (non-hydrogen) atoms. The van der Waals surface area contributed by atoms with Gasteiger partial charge in [0, 0.05) is 13.5 Å². The summed E-state index contributed by atoms with van der Waals surface area (Å²) in [5.74, 6) is -0.610. The Balaban J connectivity index is 1.96. The molecular formula is C19H26N4O3. The molecule has 1 aromatic carbocycles. The molecule has 2 fully saturated rings. The van der Waals surface area contributed by atoms with Crippen LogP contribution in [0.1, 0.15) is 24.0 Å². The van der Waals surface area contributed by atoms with Gasteiger partial charge in [0.05, 0.1) is 0 Å². The Morgan fingerprint density at radius 1 is 1.27 bits per heavy atom. The second-order valence-corrected chi connectivity index (χ2v) is 7.09. The van der Waals surface area contributed by atoms with Gasteiger partial charge in [-0.25, -0.2) is 4.79 Å². The second kappa shape index (κ2) is 7.45. The third-order valence-corrected chi connectivity index (χ3v) is 5.55. The van der Waals surface area contributed by atoms with Crippen LogP contribution in [0.15, 0.2) is 24.3 Å². The first-order valence-electron chi connectivity index (χ1n) is 9.08. The number of likely N-dealkylation sites (N-methyl/N-ethyl adjacent to an activating group) is 1. The molecule has 3 N–H and O–H groups in total. The van der Waals surface area contributed by atoms with E-state index in [1.165, 1.54) is 7.05 Å². The quantitative estimate of drug-likeness (QED) is 0.672. The minimum atomic E-state index is -0.987. The van der Waals surface area contributed by atoms with Gasteiger partial charge in [0.15, 0.2) is 0 Å². The number of amides is 4. The molecule has 2 heterocycles. The molecule has 0 radical (unpaired) electrons. The summed E-state index contributed by atoms with van der Waals surface area (Å²) in [4.78, 5) is 38.7. The normalized spacial score (nSPS) is 23.8. The maximum absolute atomic E-state index is 13.3. The van der Waals surface area contributed by atoms with Gasteiger partial charge < -0.3 is 16.0 Å². The van der Waals surface area contributed by atoms with Crippen LogP contribution in [0.5, 0.6) is 0 Å². The van der Waals surface area contributed by atoms with E-state index in [9.17, 15) is 14.4 Å². The van der Waals surface area contributed by atoms with Gasteiger partial charge in [-0.15, -0.1) is 0 Å². The molecule has 1 aromatic rings. The summed E-state index contributed by atoms with van der Waals surface area (Å²) >= 11 is 0. The van der Waals surface area contributed by atoms with Crippen LogP contribution in [0.2, 0.25) is 0 Å². The van der Waals surface area contributed by atoms with Crippen molar-refractivity contribution in [2.45, 2.75) is 31.7 Å². The molecule has 0 unspecified atom stereocenters. The monoisotopic (exact) mass is 358 g/mol. The third-order valence-electron chi connectivity index (χ3n) is 5.55. The second-order valence-electron chi connectivity index (χ2n) is 7.09. The number of hydrogen-bond donors (Lipinski definition) is 3. The SMILES string of the molecule is CNC(=O)CN1C(=O)N[C@@](Cc2ccccc2C)(C2CCNCC2)C1=O. The lowest BCUT2D eigenvalue weighted by Gasteiger charge is -2.38. The molecule has 0 bridgehead atoms. The largest absolute Gasteiger partial charge is 0.358 e. The standard InChI is InChI=1S/C19H26N4O3/c1-13-5-3-4-6-14(13)11-19(15-7-9-21-10-8-15)17(25)23(18(26)22-19)12-16(24)20-2/h3-6,15,21H,7-12H2,1-2H3,(H,20,24)(H,22,26)/t19-/m0/s1. The molecule has 0 aromatic heterocycles. The molecule has 3 rings (SSSR count). The average Bonchev–Trinajstić information content (AvgIpc) is 2.89. The molecule has 0 saturated carbocycles. The summed E-state index contributed by atoms with van der Waals surface area (Å²) < 4.78 is 0. The van der Waals surface area contributed by atoms with Crippen LogP contribution in [0, 0.1) is 12.8 Å². The number of urea groups is 1. The van der Waals surface area contributed by atoms with Crippen molar-refractivity contribution in [3.05, 3.63) is 35.4 Å². The van der Waals surface area contributed by atoms with Gasteiger partial charge >= 0.3 is 6.03 Å². The first-order valence-corrected chi connectivity index (χ1v) is 9.08. The summed E-state index contributed by atoms with van der Waals surface area (Å²) in [6.07, 6.45) is 2.07. The number of benzene rings is 1. The topological polar surface area (TPSA) is 90.5 Å². The molecule has 0 aliphatic carbocycles. The van der Waals surface area contributed by atoms with Crippen molar-refractivity contribution in [2.24, 2.45) is 5.92 Å². The zero-order chi connectivity index (χ0) is 18.7. The van der Waals surface area contributed by atoms with Gasteiger partial charge in [-0.1, -0.05) is 24.3 Å². The number of nitrogens with zero attached hydrogens (tertiary/aromatic N) is 1. The van der Waals surface area contributed by atoms with Crippen molar-refractivity contribution in [1.82, 2.24) is 20.9 Å². The summed E-state index contributed by atoms with van der Waals surface area (Å²) in [5, 5.41) is 8.76. The fraction of sp³-hybridized carbons (Fsp3) is 0.526. The number of carbonyl (C=O) groups is 3. The first-order chi connectivity index (χ1) is 12.5. The van der Waals surface area contributed by atoms with Crippen LogP contribution >= 0.6 is 0 Å². The van der Waals surface area contributed by atoms with Crippen molar-refractivity contribution in [2.75, 3.05) is 26.7 Å². The highest BCUT2D eigenvalue weighted by Gasteiger charge is 2.55. The van der Waals surface area contributed by atoms with Gasteiger partial charge in [-0.05, 0) is 49.9 Å². The molecule has 1 atom stereocenters. The van der Waals surface area contributed by atoms with E-state index in [-0.39, 0.29) is 24.3 Å². The van der Waals surface area contributed by atoms with Crippen molar-refractivity contribution < 1.29 is 14.4 Å². The van der Waals surface area contributed by atoms with E-state index in [2.05, 4.69) is 16.0 Å². The Labute approximate surface area is 153 Å². The summed E-state index contributed by atoms with van der Waals surface area (Å²) in [5.41, 5.74) is 1.15. The number of rotatable bonds is 5. The maximum atomic E-state index is 13.3. The molecule has 0 spiro atoms. The van der Waals surface area contributed by atoms with Gasteiger partial charge in [-0.3, -0.25) is 14.5 Å². The summed E-state index contributed by atoms with van der Waals surface area (Å²) in [6.45, 7) is 3.40. The Bertz CT molecular complexity index is 714. The number of hydrogen-bond acceptors (Lipinski definition) is 4. The smallest absolute Gasteiger partial charge is 0.325 e. The molecule has 140 valence electrons. The minimum Gasteiger partial charge on any atom is -0.358 e. The fourth-order valence-corrected chi connectivity index (χ4v) is 3.98. The van der Waals surface area contributed by atoms with Crippen molar-refractivity contribution >= 4 is 17.8 Å². The Morgan fingerprint density at radius 2 is 1.96 bits per heavy atom. The lowest BCUT2D eigenvalue weighted by Crippen LogP contribution is -2.57. The lowest BCUT2D eigenvalue weighted by molar-refractivity contribution is -0.136. The van der Waals surface area contributed by atoms with E-state index in [1.807, 2.05) is 31.2 Å². The van der Waals surface area contributed by atoms with E-state index in [4.69, 9.17) is 0 Å². The highest BCUT2D eigenvalue weighted by molar-refractivity contribution is 6.09. The van der Waals surface area contributed by atoms with Crippen LogP contribution < -0.4 is 16.0 Å². The van der Waals surface area contributed by atoms with E-state index in [1.54, 1.807) is 0 Å². The van der Waals surface area contributed by atoms with Crippen LogP contribution in [0.25, 0.3) is 0 Å². The van der Waals surface area contributed by atoms with Crippen LogP contribution in [-0.4, -0.2) is 55.0 Å². The number of piperidine rings is 1. The highest BCUT2D eigenvalue weighted by Crippen LogP contribution is 2.35. The first kappa shape index (κ1) is 18.4. The van der Waals surface area contributed by atoms with Crippen molar-refractivity contribution in [3.8, 4) is 0 Å². The molecule has 7 nitrogen and oxygen atoms in total. The van der Waals surface area contributed by atoms with Crippen LogP contribution in [0.4, 0.5) is 4.79 Å². The summed E-state index contributed by atoms with van der Waals surface area (Å²) in [6, 6.07) is 7.43. The molecule has 7 heteroatoms. The predicted molar refractivity (Wildman–Crippen MR) is 97.5 cm³/mol. The zero-order valence-electron chi connectivity index (χ0n) is 15.3. The molecule has 2 aliphatic heterocycles. The van der Waals surface area contributed by atoms with Crippen LogP contribution in [0.3, 0.4) is 0 Å². The molecule has 2 aliphatic rings. The van der Waals surface area contributed by atoms with Gasteiger partial charge in [0.2, 0.25) is 5.91 Å². The predicted octanol–water partition coefficient (Wildman–Crippen LogP) is 0.574. The summed E-state index contributed by atoms with van der Waals surface area (Å²) in [7, 11) is 1.49. The lowest BCUT2D eigenvalue weighted by atomic mass is 9.73. The molecular weight excluding hydrogens is 332 g/mol. The Morgan fingerprint density at radius 3 is 2.62 bits per heavy atom. The van der Waals surface area contributed by atoms with E-state index < -0.39 is 11.6 Å².